The minimum absolute atomic E-state index is 0.112. The van der Waals surface area contributed by atoms with Gasteiger partial charge in [-0.25, -0.2) is 18.5 Å². The zero-order chi connectivity index (χ0) is 13.1. The van der Waals surface area contributed by atoms with Crippen LogP contribution in [0.25, 0.3) is 0 Å². The summed E-state index contributed by atoms with van der Waals surface area (Å²) in [6.07, 6.45) is 0.344. The van der Waals surface area contributed by atoms with E-state index in [-0.39, 0.29) is 15.9 Å². The van der Waals surface area contributed by atoms with Crippen LogP contribution in [0, 0.1) is 0 Å². The maximum absolute atomic E-state index is 10.7. The first kappa shape index (κ1) is 14.8. The Morgan fingerprint density at radius 2 is 1.94 bits per heavy atom. The van der Waals surface area contributed by atoms with E-state index in [4.69, 9.17) is 39.9 Å². The van der Waals surface area contributed by atoms with Crippen molar-refractivity contribution >= 4 is 50.6 Å². The monoisotopic (exact) mass is 317 g/mol. The lowest BCUT2D eigenvalue weighted by molar-refractivity contribution is 0.596. The Labute approximate surface area is 114 Å². The minimum Gasteiger partial charge on any atom is -0.369 e. The van der Waals surface area contributed by atoms with Crippen LogP contribution < -0.4 is 10.5 Å². The highest BCUT2D eigenvalue weighted by molar-refractivity contribution is 7.89. The maximum atomic E-state index is 10.7. The summed E-state index contributed by atoms with van der Waals surface area (Å²) in [5.74, 6) is 0.245. The fourth-order valence-corrected chi connectivity index (χ4v) is 2.16. The Hall–Kier alpha value is -0.270. The normalized spacial score (nSPS) is 11.5. The van der Waals surface area contributed by atoms with Crippen molar-refractivity contribution in [3.05, 3.63) is 21.3 Å². The Morgan fingerprint density at radius 3 is 2.53 bits per heavy atom. The standard InChI is InChI=1S/C8H10Cl3N3O2S/c9-5-4-6(10)8(14-7(5)11)13-2-1-3-17(12,15)16/h4H,1-3H2,(H,13,14)(H2,12,15,16). The number of sulfonamides is 1. The SMILES string of the molecule is NS(=O)(=O)CCCNc1nc(Cl)c(Cl)cc1Cl. The molecule has 0 aliphatic heterocycles. The van der Waals surface area contributed by atoms with Crippen molar-refractivity contribution in [3.63, 3.8) is 0 Å². The van der Waals surface area contributed by atoms with Gasteiger partial charge in [0.25, 0.3) is 0 Å². The molecule has 0 aliphatic carbocycles. The van der Waals surface area contributed by atoms with Crippen molar-refractivity contribution in [2.24, 2.45) is 5.14 Å². The molecule has 1 aromatic heterocycles. The molecule has 1 heterocycles. The molecule has 9 heteroatoms. The summed E-state index contributed by atoms with van der Waals surface area (Å²) in [4.78, 5) is 3.92. The molecule has 0 aliphatic rings. The first-order valence-electron chi connectivity index (χ1n) is 4.55. The molecule has 1 aromatic rings. The number of pyridine rings is 1. The van der Waals surface area contributed by atoms with Gasteiger partial charge in [-0.15, -0.1) is 0 Å². The van der Waals surface area contributed by atoms with Gasteiger partial charge >= 0.3 is 0 Å². The summed E-state index contributed by atoms with van der Waals surface area (Å²) in [6.45, 7) is 0.362. The first-order valence-corrected chi connectivity index (χ1v) is 7.40. The van der Waals surface area contributed by atoms with Crippen molar-refractivity contribution in [3.8, 4) is 0 Å². The molecule has 0 unspecified atom stereocenters. The summed E-state index contributed by atoms with van der Waals surface area (Å²) in [5, 5.41) is 8.40. The van der Waals surface area contributed by atoms with E-state index < -0.39 is 10.0 Å². The number of hydrogen-bond donors (Lipinski definition) is 2. The van der Waals surface area contributed by atoms with E-state index in [1.807, 2.05) is 0 Å². The summed E-state index contributed by atoms with van der Waals surface area (Å²) in [5.41, 5.74) is 0. The second kappa shape index (κ2) is 6.06. The van der Waals surface area contributed by atoms with Gasteiger partial charge in [0.05, 0.1) is 15.8 Å². The molecule has 1 rings (SSSR count). The average molecular weight is 319 g/mol. The van der Waals surface area contributed by atoms with E-state index >= 15 is 0 Å². The smallest absolute Gasteiger partial charge is 0.209 e. The Balaban J connectivity index is 2.55. The predicted octanol–water partition coefficient (Wildman–Crippen LogP) is 2.13. The van der Waals surface area contributed by atoms with Crippen LogP contribution >= 0.6 is 34.8 Å². The van der Waals surface area contributed by atoms with Gasteiger partial charge in [-0.3, -0.25) is 0 Å². The van der Waals surface area contributed by atoms with Crippen LogP contribution in [-0.4, -0.2) is 25.7 Å². The maximum Gasteiger partial charge on any atom is 0.209 e. The van der Waals surface area contributed by atoms with E-state index in [0.29, 0.717) is 23.8 Å². The lowest BCUT2D eigenvalue weighted by atomic mass is 10.4. The largest absolute Gasteiger partial charge is 0.369 e. The van der Waals surface area contributed by atoms with Gasteiger partial charge in [-0.05, 0) is 12.5 Å². The molecule has 0 amide bonds. The van der Waals surface area contributed by atoms with Crippen LogP contribution in [0.2, 0.25) is 15.2 Å². The molecular formula is C8H10Cl3N3O2S. The summed E-state index contributed by atoms with van der Waals surface area (Å²) < 4.78 is 21.4. The fraction of sp³-hybridized carbons (Fsp3) is 0.375. The highest BCUT2D eigenvalue weighted by atomic mass is 35.5. The van der Waals surface area contributed by atoms with E-state index in [9.17, 15) is 8.42 Å². The van der Waals surface area contributed by atoms with Gasteiger partial charge in [0, 0.05) is 6.54 Å². The predicted molar refractivity (Wildman–Crippen MR) is 70.3 cm³/mol. The molecule has 17 heavy (non-hydrogen) atoms. The van der Waals surface area contributed by atoms with E-state index in [2.05, 4.69) is 10.3 Å². The Kier molecular flexibility index (Phi) is 5.27. The molecule has 5 nitrogen and oxygen atoms in total. The van der Waals surface area contributed by atoms with Gasteiger partial charge < -0.3 is 5.32 Å². The molecular weight excluding hydrogens is 309 g/mol. The number of hydrogen-bond acceptors (Lipinski definition) is 4. The topological polar surface area (TPSA) is 85.1 Å². The number of rotatable bonds is 5. The Morgan fingerprint density at radius 1 is 1.29 bits per heavy atom. The highest BCUT2D eigenvalue weighted by Crippen LogP contribution is 2.28. The van der Waals surface area contributed by atoms with Gasteiger partial charge in [-0.1, -0.05) is 34.8 Å². The summed E-state index contributed by atoms with van der Waals surface area (Å²) >= 11 is 17.3. The van der Waals surface area contributed by atoms with E-state index in [1.165, 1.54) is 6.07 Å². The molecule has 0 fully saturated rings. The van der Waals surface area contributed by atoms with Gasteiger partial charge in [0.1, 0.15) is 11.0 Å². The highest BCUT2D eigenvalue weighted by Gasteiger charge is 2.08. The minimum atomic E-state index is -3.44. The molecule has 0 saturated carbocycles. The van der Waals surface area contributed by atoms with Gasteiger partial charge in [0.2, 0.25) is 10.0 Å². The number of primary sulfonamides is 1. The van der Waals surface area contributed by atoms with Crippen LogP contribution in [0.1, 0.15) is 6.42 Å². The second-order valence-electron chi connectivity index (χ2n) is 3.24. The summed E-state index contributed by atoms with van der Waals surface area (Å²) in [6, 6.07) is 1.46. The molecule has 0 radical (unpaired) electrons. The van der Waals surface area contributed by atoms with Crippen molar-refractivity contribution in [1.29, 1.82) is 0 Å². The molecule has 96 valence electrons. The third-order valence-electron chi connectivity index (χ3n) is 1.78. The third kappa shape index (κ3) is 5.27. The molecule has 3 N–H and O–H groups in total. The lowest BCUT2D eigenvalue weighted by Gasteiger charge is -2.08. The van der Waals surface area contributed by atoms with Crippen molar-refractivity contribution in [1.82, 2.24) is 4.98 Å². The number of halogens is 3. The van der Waals surface area contributed by atoms with Crippen LogP contribution in [0.4, 0.5) is 5.82 Å². The van der Waals surface area contributed by atoms with Gasteiger partial charge in [-0.2, -0.15) is 0 Å². The van der Waals surface area contributed by atoms with Crippen molar-refractivity contribution in [2.75, 3.05) is 17.6 Å². The average Bonchev–Trinajstić information content (AvgIpc) is 2.18. The third-order valence-corrected chi connectivity index (χ3v) is 3.60. The number of nitrogens with one attached hydrogen (secondary N) is 1. The van der Waals surface area contributed by atoms with Crippen LogP contribution in [0.3, 0.4) is 0 Å². The second-order valence-corrected chi connectivity index (χ2v) is 6.15. The van der Waals surface area contributed by atoms with E-state index in [1.54, 1.807) is 0 Å². The molecule has 0 spiro atoms. The first-order chi connectivity index (χ1) is 7.79. The number of nitrogens with two attached hydrogens (primary N) is 1. The van der Waals surface area contributed by atoms with Crippen LogP contribution in [0.5, 0.6) is 0 Å². The van der Waals surface area contributed by atoms with Crippen molar-refractivity contribution < 1.29 is 8.42 Å². The summed E-state index contributed by atoms with van der Waals surface area (Å²) in [7, 11) is -3.44. The number of anilines is 1. The lowest BCUT2D eigenvalue weighted by Crippen LogP contribution is -2.18. The molecule has 0 atom stereocenters. The quantitative estimate of drug-likeness (QED) is 0.643. The van der Waals surface area contributed by atoms with Crippen LogP contribution in [0.15, 0.2) is 6.07 Å². The molecule has 0 aromatic carbocycles. The number of aromatic nitrogens is 1. The Bertz CT molecular complexity index is 507. The van der Waals surface area contributed by atoms with Gasteiger partial charge in [0.15, 0.2) is 0 Å². The number of nitrogens with zero attached hydrogens (tertiary/aromatic N) is 1. The van der Waals surface area contributed by atoms with E-state index in [0.717, 1.165) is 0 Å². The zero-order valence-electron chi connectivity index (χ0n) is 8.58. The van der Waals surface area contributed by atoms with Crippen LogP contribution in [-0.2, 0) is 10.0 Å². The fourth-order valence-electron chi connectivity index (χ4n) is 1.05. The zero-order valence-corrected chi connectivity index (χ0v) is 11.7. The van der Waals surface area contributed by atoms with Crippen molar-refractivity contribution in [2.45, 2.75) is 6.42 Å². The molecule has 0 saturated heterocycles. The molecule has 0 bridgehead atoms.